The summed E-state index contributed by atoms with van der Waals surface area (Å²) in [5.41, 5.74) is 0.828. The molecule has 7 nitrogen and oxygen atoms in total. The first-order chi connectivity index (χ1) is 16.0. The lowest BCUT2D eigenvalue weighted by Gasteiger charge is -2.40. The highest BCUT2D eigenvalue weighted by Gasteiger charge is 2.35. The molecule has 1 aromatic heterocycles. The lowest BCUT2D eigenvalue weighted by atomic mass is 9.94. The number of benzene rings is 1. The SMILES string of the molecule is COC(=O)C(c1ccc(Cl)cc1)N1CCN(C(=O)C2CCN(C(=O)c3cccs3)CC2)CC1. The van der Waals surface area contributed by atoms with Gasteiger partial charge in [0, 0.05) is 50.2 Å². The minimum atomic E-state index is -0.518. The molecule has 176 valence electrons. The predicted octanol–water partition coefficient (Wildman–Crippen LogP) is 3.31. The van der Waals surface area contributed by atoms with E-state index in [2.05, 4.69) is 4.90 Å². The van der Waals surface area contributed by atoms with E-state index >= 15 is 0 Å². The average molecular weight is 490 g/mol. The third-order valence-corrected chi connectivity index (χ3v) is 7.57. The van der Waals surface area contributed by atoms with Gasteiger partial charge in [0.1, 0.15) is 6.04 Å². The van der Waals surface area contributed by atoms with Gasteiger partial charge >= 0.3 is 5.97 Å². The van der Waals surface area contributed by atoms with E-state index in [0.29, 0.717) is 57.1 Å². The topological polar surface area (TPSA) is 70.2 Å². The Bertz CT molecular complexity index is 966. The molecule has 0 aliphatic carbocycles. The fourth-order valence-corrected chi connectivity index (χ4v) is 5.41. The molecule has 0 spiro atoms. The van der Waals surface area contributed by atoms with Crippen LogP contribution in [0.3, 0.4) is 0 Å². The molecule has 1 aromatic carbocycles. The molecule has 2 amide bonds. The number of esters is 1. The Morgan fingerprint density at radius 3 is 2.21 bits per heavy atom. The van der Waals surface area contributed by atoms with E-state index in [-0.39, 0.29) is 23.7 Å². The van der Waals surface area contributed by atoms with Gasteiger partial charge in [-0.05, 0) is 42.0 Å². The number of nitrogens with zero attached hydrogens (tertiary/aromatic N) is 3. The van der Waals surface area contributed by atoms with Crippen LogP contribution >= 0.6 is 22.9 Å². The zero-order chi connectivity index (χ0) is 23.4. The molecular formula is C24H28ClN3O4S. The zero-order valence-corrected chi connectivity index (χ0v) is 20.2. The van der Waals surface area contributed by atoms with E-state index in [0.717, 1.165) is 10.4 Å². The van der Waals surface area contributed by atoms with E-state index < -0.39 is 6.04 Å². The number of piperidine rings is 1. The van der Waals surface area contributed by atoms with Crippen molar-refractivity contribution in [2.24, 2.45) is 5.92 Å². The van der Waals surface area contributed by atoms with Gasteiger partial charge in [-0.25, -0.2) is 4.79 Å². The quantitative estimate of drug-likeness (QED) is 0.603. The fraction of sp³-hybridized carbons (Fsp3) is 0.458. The summed E-state index contributed by atoms with van der Waals surface area (Å²) >= 11 is 7.45. The van der Waals surface area contributed by atoms with Gasteiger partial charge in [0.2, 0.25) is 5.91 Å². The highest BCUT2D eigenvalue weighted by Crippen LogP contribution is 2.27. The minimum Gasteiger partial charge on any atom is -0.468 e. The maximum Gasteiger partial charge on any atom is 0.327 e. The molecule has 0 bridgehead atoms. The van der Waals surface area contributed by atoms with Crippen LogP contribution in [0.5, 0.6) is 0 Å². The zero-order valence-electron chi connectivity index (χ0n) is 18.6. The molecule has 3 heterocycles. The van der Waals surface area contributed by atoms with Gasteiger partial charge in [-0.3, -0.25) is 14.5 Å². The van der Waals surface area contributed by atoms with Crippen molar-refractivity contribution in [3.63, 3.8) is 0 Å². The molecule has 2 saturated heterocycles. The number of likely N-dealkylation sites (tertiary alicyclic amines) is 1. The summed E-state index contributed by atoms with van der Waals surface area (Å²) in [6, 6.07) is 10.4. The van der Waals surface area contributed by atoms with E-state index in [1.807, 2.05) is 39.4 Å². The summed E-state index contributed by atoms with van der Waals surface area (Å²) in [7, 11) is 1.39. The summed E-state index contributed by atoms with van der Waals surface area (Å²) in [5, 5.41) is 2.52. The van der Waals surface area contributed by atoms with Gasteiger partial charge in [-0.15, -0.1) is 11.3 Å². The van der Waals surface area contributed by atoms with Gasteiger partial charge in [-0.2, -0.15) is 0 Å². The normalized spacial score (nSPS) is 18.7. The molecule has 2 fully saturated rings. The van der Waals surface area contributed by atoms with Crippen LogP contribution in [0, 0.1) is 5.92 Å². The summed E-state index contributed by atoms with van der Waals surface area (Å²) in [4.78, 5) is 44.7. The van der Waals surface area contributed by atoms with Crippen LogP contribution in [-0.2, 0) is 14.3 Å². The largest absolute Gasteiger partial charge is 0.468 e. The lowest BCUT2D eigenvalue weighted by molar-refractivity contribution is -0.149. The van der Waals surface area contributed by atoms with E-state index in [1.165, 1.54) is 18.4 Å². The number of thiophene rings is 1. The van der Waals surface area contributed by atoms with Crippen LogP contribution in [0.25, 0.3) is 0 Å². The standard InChI is InChI=1S/C24H28ClN3O4S/c1-32-24(31)21(17-4-6-19(25)7-5-17)26-12-14-28(15-13-26)22(29)18-8-10-27(11-9-18)23(30)20-3-2-16-33-20/h2-7,16,18,21H,8-15H2,1H3. The number of piperazine rings is 1. The average Bonchev–Trinajstić information content (AvgIpc) is 3.40. The summed E-state index contributed by atoms with van der Waals surface area (Å²) in [5.74, 6) is -0.170. The number of hydrogen-bond acceptors (Lipinski definition) is 6. The van der Waals surface area contributed by atoms with Gasteiger partial charge < -0.3 is 14.5 Å². The Kier molecular flexibility index (Phi) is 7.67. The maximum atomic E-state index is 13.1. The molecular weight excluding hydrogens is 462 g/mol. The summed E-state index contributed by atoms with van der Waals surface area (Å²) < 4.78 is 5.05. The molecule has 4 rings (SSSR count). The van der Waals surface area contributed by atoms with E-state index in [1.54, 1.807) is 12.1 Å². The smallest absolute Gasteiger partial charge is 0.327 e. The van der Waals surface area contributed by atoms with Gasteiger partial charge in [0.15, 0.2) is 0 Å². The van der Waals surface area contributed by atoms with Crippen LogP contribution in [0.15, 0.2) is 41.8 Å². The molecule has 2 aromatic rings. The molecule has 0 radical (unpaired) electrons. The van der Waals surface area contributed by atoms with Crippen LogP contribution in [-0.4, -0.2) is 78.9 Å². The second-order valence-electron chi connectivity index (χ2n) is 8.38. The highest BCUT2D eigenvalue weighted by atomic mass is 35.5. The second kappa shape index (κ2) is 10.7. The highest BCUT2D eigenvalue weighted by molar-refractivity contribution is 7.12. The Morgan fingerprint density at radius 2 is 1.64 bits per heavy atom. The molecule has 9 heteroatoms. The van der Waals surface area contributed by atoms with Crippen LogP contribution in [0.1, 0.15) is 34.1 Å². The van der Waals surface area contributed by atoms with Crippen LogP contribution in [0.4, 0.5) is 0 Å². The van der Waals surface area contributed by atoms with Gasteiger partial charge in [0.05, 0.1) is 12.0 Å². The number of amides is 2. The molecule has 2 aliphatic heterocycles. The Balaban J connectivity index is 1.31. The Morgan fingerprint density at radius 1 is 0.970 bits per heavy atom. The predicted molar refractivity (Wildman–Crippen MR) is 127 cm³/mol. The molecule has 1 atom stereocenters. The van der Waals surface area contributed by atoms with Crippen LogP contribution in [0.2, 0.25) is 5.02 Å². The van der Waals surface area contributed by atoms with Crippen molar-refractivity contribution in [2.45, 2.75) is 18.9 Å². The van der Waals surface area contributed by atoms with Crippen molar-refractivity contribution in [3.05, 3.63) is 57.2 Å². The number of carbonyl (C=O) groups excluding carboxylic acids is 3. The first kappa shape index (κ1) is 23.7. The second-order valence-corrected chi connectivity index (χ2v) is 9.77. The molecule has 1 unspecified atom stereocenters. The third kappa shape index (κ3) is 5.39. The van der Waals surface area contributed by atoms with E-state index in [4.69, 9.17) is 16.3 Å². The van der Waals surface area contributed by atoms with Crippen LogP contribution < -0.4 is 0 Å². The summed E-state index contributed by atoms with van der Waals surface area (Å²) in [6.07, 6.45) is 1.37. The van der Waals surface area contributed by atoms with E-state index in [9.17, 15) is 14.4 Å². The van der Waals surface area contributed by atoms with Crippen molar-refractivity contribution in [1.82, 2.24) is 14.7 Å². The Hall–Kier alpha value is -2.42. The Labute approximate surface area is 202 Å². The lowest BCUT2D eigenvalue weighted by Crippen LogP contribution is -2.53. The minimum absolute atomic E-state index is 0.0561. The molecule has 2 aliphatic rings. The summed E-state index contributed by atoms with van der Waals surface area (Å²) in [6.45, 7) is 3.51. The van der Waals surface area contributed by atoms with Crippen molar-refractivity contribution in [1.29, 1.82) is 0 Å². The molecule has 0 saturated carbocycles. The van der Waals surface area contributed by atoms with Crippen molar-refractivity contribution < 1.29 is 19.1 Å². The van der Waals surface area contributed by atoms with Crippen molar-refractivity contribution >= 4 is 40.7 Å². The third-order valence-electron chi connectivity index (χ3n) is 6.46. The maximum absolute atomic E-state index is 13.1. The van der Waals surface area contributed by atoms with Crippen molar-refractivity contribution in [3.8, 4) is 0 Å². The first-order valence-electron chi connectivity index (χ1n) is 11.2. The van der Waals surface area contributed by atoms with Gasteiger partial charge in [-0.1, -0.05) is 29.8 Å². The van der Waals surface area contributed by atoms with Crippen molar-refractivity contribution in [2.75, 3.05) is 46.4 Å². The number of rotatable bonds is 5. The fourth-order valence-electron chi connectivity index (χ4n) is 4.60. The van der Waals surface area contributed by atoms with Gasteiger partial charge in [0.25, 0.3) is 5.91 Å². The first-order valence-corrected chi connectivity index (χ1v) is 12.4. The number of ether oxygens (including phenoxy) is 1. The number of methoxy groups -OCH3 is 1. The monoisotopic (exact) mass is 489 g/mol. The molecule has 0 N–H and O–H groups in total. The number of carbonyl (C=O) groups is 3. The molecule has 33 heavy (non-hydrogen) atoms. The number of halogens is 1. The number of hydrogen-bond donors (Lipinski definition) is 0.